The number of methoxy groups -OCH3 is 1. The minimum absolute atomic E-state index is 0.110. The molecule has 7 nitrogen and oxygen atoms in total. The fourth-order valence-corrected chi connectivity index (χ4v) is 2.53. The molecule has 1 aromatic carbocycles. The van der Waals surface area contributed by atoms with Gasteiger partial charge in [-0.25, -0.2) is 18.7 Å². The maximum atomic E-state index is 13.1. The van der Waals surface area contributed by atoms with Crippen molar-refractivity contribution in [2.75, 3.05) is 7.11 Å². The molecule has 26 heavy (non-hydrogen) atoms. The van der Waals surface area contributed by atoms with Crippen LogP contribution in [0.15, 0.2) is 46.1 Å². The number of nitrogens with zero attached hydrogens (tertiary/aromatic N) is 4. The second kappa shape index (κ2) is 7.27. The summed E-state index contributed by atoms with van der Waals surface area (Å²) in [5.74, 6) is -0.758. The number of ether oxygens (including phenoxy) is 1. The normalized spacial score (nSPS) is 10.8. The molecule has 0 saturated carbocycles. The van der Waals surface area contributed by atoms with E-state index in [0.29, 0.717) is 5.56 Å². The van der Waals surface area contributed by atoms with Gasteiger partial charge in [0.1, 0.15) is 11.0 Å². The molecule has 0 radical (unpaired) electrons. The highest BCUT2D eigenvalue weighted by atomic mass is 35.5. The van der Waals surface area contributed by atoms with E-state index in [0.717, 1.165) is 9.25 Å². The summed E-state index contributed by atoms with van der Waals surface area (Å²) in [7, 11) is 1.26. The first-order valence-electron chi connectivity index (χ1n) is 7.24. The van der Waals surface area contributed by atoms with Gasteiger partial charge in [0.2, 0.25) is 0 Å². The second-order valence-electron chi connectivity index (χ2n) is 5.19. The molecule has 2 heterocycles. The van der Waals surface area contributed by atoms with E-state index in [-0.39, 0.29) is 28.3 Å². The van der Waals surface area contributed by atoms with Gasteiger partial charge in [-0.1, -0.05) is 23.2 Å². The highest BCUT2D eigenvalue weighted by molar-refractivity contribution is 6.41. The largest absolute Gasteiger partial charge is 0.476 e. The number of halogens is 3. The van der Waals surface area contributed by atoms with Crippen molar-refractivity contribution in [1.29, 1.82) is 0 Å². The molecule has 134 valence electrons. The third-order valence-electron chi connectivity index (χ3n) is 3.49. The third kappa shape index (κ3) is 3.47. The smallest absolute Gasteiger partial charge is 0.352 e. The first-order chi connectivity index (χ1) is 12.4. The number of pyridine rings is 1. The SMILES string of the molecule is COc1nn(-c2ccc(F)cc2)c(=O)n(Cc2cnc(Cl)c(Cl)c2)c1=O. The molecule has 0 fully saturated rings. The minimum Gasteiger partial charge on any atom is -0.476 e. The second-order valence-corrected chi connectivity index (χ2v) is 5.95. The molecule has 0 aliphatic heterocycles. The summed E-state index contributed by atoms with van der Waals surface area (Å²) in [6.45, 7) is -0.123. The molecule has 0 N–H and O–H groups in total. The van der Waals surface area contributed by atoms with E-state index in [2.05, 4.69) is 10.1 Å². The van der Waals surface area contributed by atoms with E-state index in [1.807, 2.05) is 0 Å². The molecule has 0 unspecified atom stereocenters. The molecule has 0 saturated heterocycles. The Morgan fingerprint density at radius 3 is 2.50 bits per heavy atom. The molecule has 0 spiro atoms. The Hall–Kier alpha value is -2.71. The Kier molecular flexibility index (Phi) is 5.06. The zero-order valence-corrected chi connectivity index (χ0v) is 14.8. The van der Waals surface area contributed by atoms with E-state index < -0.39 is 17.1 Å². The quantitative estimate of drug-likeness (QED) is 0.632. The van der Waals surface area contributed by atoms with Crippen LogP contribution in [-0.2, 0) is 6.54 Å². The summed E-state index contributed by atoms with van der Waals surface area (Å²) in [5, 5.41) is 4.19. The lowest BCUT2D eigenvalue weighted by Crippen LogP contribution is -2.41. The monoisotopic (exact) mass is 396 g/mol. The lowest BCUT2D eigenvalue weighted by atomic mass is 10.3. The van der Waals surface area contributed by atoms with Gasteiger partial charge in [0, 0.05) is 6.20 Å². The van der Waals surface area contributed by atoms with Crippen molar-refractivity contribution in [3.8, 4) is 11.6 Å². The van der Waals surface area contributed by atoms with Crippen LogP contribution >= 0.6 is 23.2 Å². The highest BCUT2D eigenvalue weighted by Gasteiger charge is 2.16. The highest BCUT2D eigenvalue weighted by Crippen LogP contribution is 2.19. The summed E-state index contributed by atoms with van der Waals surface area (Å²) in [6.07, 6.45) is 1.40. The summed E-state index contributed by atoms with van der Waals surface area (Å²) in [6, 6.07) is 6.57. The van der Waals surface area contributed by atoms with Crippen LogP contribution in [0.5, 0.6) is 5.88 Å². The van der Waals surface area contributed by atoms with Crippen LogP contribution in [0.1, 0.15) is 5.56 Å². The van der Waals surface area contributed by atoms with Gasteiger partial charge < -0.3 is 4.74 Å². The van der Waals surface area contributed by atoms with Crippen LogP contribution in [0.25, 0.3) is 5.69 Å². The third-order valence-corrected chi connectivity index (χ3v) is 4.18. The van der Waals surface area contributed by atoms with E-state index in [1.165, 1.54) is 43.6 Å². The van der Waals surface area contributed by atoms with Crippen molar-refractivity contribution in [2.45, 2.75) is 6.54 Å². The number of hydrogen-bond donors (Lipinski definition) is 0. The predicted molar refractivity (Wildman–Crippen MR) is 94.0 cm³/mol. The lowest BCUT2D eigenvalue weighted by molar-refractivity contribution is 0.367. The Labute approximate surface area is 156 Å². The fourth-order valence-electron chi connectivity index (χ4n) is 2.24. The molecular formula is C16H11Cl2FN4O3. The van der Waals surface area contributed by atoms with E-state index in [4.69, 9.17) is 27.9 Å². The minimum atomic E-state index is -0.728. The summed E-state index contributed by atoms with van der Waals surface area (Å²) in [5.41, 5.74) is -0.691. The average molecular weight is 397 g/mol. The zero-order valence-electron chi connectivity index (χ0n) is 13.3. The predicted octanol–water partition coefficient (Wildman–Crippen LogP) is 2.29. The van der Waals surface area contributed by atoms with E-state index >= 15 is 0 Å². The molecule has 0 aliphatic carbocycles. The number of aromatic nitrogens is 4. The first kappa shape index (κ1) is 18.1. The van der Waals surface area contributed by atoms with Gasteiger partial charge in [-0.15, -0.1) is 5.10 Å². The molecule has 3 rings (SSSR count). The van der Waals surface area contributed by atoms with Crippen LogP contribution in [0, 0.1) is 5.82 Å². The van der Waals surface area contributed by atoms with Crippen LogP contribution in [0.2, 0.25) is 10.2 Å². The molecule has 0 atom stereocenters. The average Bonchev–Trinajstić information content (AvgIpc) is 2.63. The topological polar surface area (TPSA) is 79.0 Å². The van der Waals surface area contributed by atoms with Crippen molar-refractivity contribution in [2.24, 2.45) is 0 Å². The number of rotatable bonds is 4. The number of benzene rings is 1. The van der Waals surface area contributed by atoms with Crippen molar-refractivity contribution >= 4 is 23.2 Å². The van der Waals surface area contributed by atoms with Gasteiger partial charge in [0.05, 0.1) is 24.4 Å². The van der Waals surface area contributed by atoms with Crippen molar-refractivity contribution < 1.29 is 9.13 Å². The molecule has 2 aromatic heterocycles. The van der Waals surface area contributed by atoms with Gasteiger partial charge in [-0.3, -0.25) is 4.79 Å². The molecule has 0 bridgehead atoms. The van der Waals surface area contributed by atoms with E-state index in [1.54, 1.807) is 0 Å². The molecule has 0 aliphatic rings. The standard InChI is InChI=1S/C16H11Cl2FN4O3/c1-26-14-15(24)22(8-9-6-12(17)13(18)20-7-9)16(25)23(21-14)11-4-2-10(19)3-5-11/h2-7H,8H2,1H3. The lowest BCUT2D eigenvalue weighted by Gasteiger charge is -2.11. The van der Waals surface area contributed by atoms with Crippen LogP contribution < -0.4 is 16.0 Å². The van der Waals surface area contributed by atoms with Crippen molar-refractivity contribution in [1.82, 2.24) is 19.3 Å². The van der Waals surface area contributed by atoms with Gasteiger partial charge in [-0.2, -0.15) is 4.68 Å². The summed E-state index contributed by atoms with van der Waals surface area (Å²) < 4.78 is 20.0. The first-order valence-corrected chi connectivity index (χ1v) is 8.00. The summed E-state index contributed by atoms with van der Waals surface area (Å²) in [4.78, 5) is 29.1. The Morgan fingerprint density at radius 1 is 1.19 bits per heavy atom. The van der Waals surface area contributed by atoms with Crippen molar-refractivity contribution in [3.05, 3.63) is 78.9 Å². The Morgan fingerprint density at radius 2 is 1.88 bits per heavy atom. The summed E-state index contributed by atoms with van der Waals surface area (Å²) >= 11 is 11.7. The Bertz CT molecular complexity index is 1080. The fraction of sp³-hybridized carbons (Fsp3) is 0.125. The molecule has 10 heteroatoms. The van der Waals surface area contributed by atoms with Gasteiger partial charge in [0.25, 0.3) is 5.88 Å². The molecule has 0 amide bonds. The van der Waals surface area contributed by atoms with Gasteiger partial charge >= 0.3 is 11.2 Å². The van der Waals surface area contributed by atoms with Crippen molar-refractivity contribution in [3.63, 3.8) is 0 Å². The van der Waals surface area contributed by atoms with Crippen LogP contribution in [0.4, 0.5) is 4.39 Å². The maximum absolute atomic E-state index is 13.1. The molecule has 3 aromatic rings. The van der Waals surface area contributed by atoms with Gasteiger partial charge in [0.15, 0.2) is 0 Å². The van der Waals surface area contributed by atoms with Crippen LogP contribution in [-0.4, -0.2) is 26.4 Å². The maximum Gasteiger partial charge on any atom is 0.352 e. The molecular weight excluding hydrogens is 386 g/mol. The van der Waals surface area contributed by atoms with Gasteiger partial charge in [-0.05, 0) is 35.9 Å². The number of hydrogen-bond acceptors (Lipinski definition) is 5. The Balaban J connectivity index is 2.16. The zero-order chi connectivity index (χ0) is 18.8. The van der Waals surface area contributed by atoms with E-state index in [9.17, 15) is 14.0 Å². The van der Waals surface area contributed by atoms with Crippen LogP contribution in [0.3, 0.4) is 0 Å².